The lowest BCUT2D eigenvalue weighted by Gasteiger charge is -2.06. The smallest absolute Gasteiger partial charge is 0.306 e. The summed E-state index contributed by atoms with van der Waals surface area (Å²) in [5.41, 5.74) is 2.56. The zero-order valence-corrected chi connectivity index (χ0v) is 15.1. The predicted octanol–water partition coefficient (Wildman–Crippen LogP) is 3.96. The van der Waals surface area contributed by atoms with Crippen molar-refractivity contribution in [3.8, 4) is 0 Å². The monoisotopic (exact) mass is 391 g/mol. The number of allylic oxidation sites excluding steroid dienone is 1. The van der Waals surface area contributed by atoms with E-state index in [0.29, 0.717) is 27.5 Å². The van der Waals surface area contributed by atoms with Gasteiger partial charge in [-0.2, -0.15) is 5.10 Å². The molecule has 0 amide bonds. The number of nitro groups is 1. The lowest BCUT2D eigenvalue weighted by atomic mass is 10.0. The molecule has 0 bridgehead atoms. The van der Waals surface area contributed by atoms with E-state index in [1.54, 1.807) is 24.4 Å². The van der Waals surface area contributed by atoms with Crippen LogP contribution in [0, 0.1) is 10.1 Å². The first-order chi connectivity index (χ1) is 13.6. The summed E-state index contributed by atoms with van der Waals surface area (Å²) in [5, 5.41) is 22.2. The topological polar surface area (TPSA) is 113 Å². The van der Waals surface area contributed by atoms with Gasteiger partial charge in [0, 0.05) is 29.0 Å². The largest absolute Gasteiger partial charge is 0.341 e. The normalized spacial score (nSPS) is 14.3. The molecule has 3 aromatic rings. The highest BCUT2D eigenvalue weighted by molar-refractivity contribution is 7.10. The number of rotatable bonds is 5. The van der Waals surface area contributed by atoms with Crippen LogP contribution < -0.4 is 10.2 Å². The fraction of sp³-hybridized carbons (Fsp3) is 0. The van der Waals surface area contributed by atoms with Crippen molar-refractivity contribution in [1.82, 2.24) is 4.98 Å². The molecule has 1 aromatic heterocycles. The Balaban J connectivity index is 1.69. The molecule has 0 radical (unpaired) electrons. The van der Waals surface area contributed by atoms with Crippen LogP contribution in [-0.2, 0) is 0 Å². The van der Waals surface area contributed by atoms with Crippen molar-refractivity contribution in [3.05, 3.63) is 90.4 Å². The van der Waals surface area contributed by atoms with Gasteiger partial charge in [-0.1, -0.05) is 41.7 Å². The third-order valence-electron chi connectivity index (χ3n) is 3.96. The van der Waals surface area contributed by atoms with Crippen molar-refractivity contribution >= 4 is 46.5 Å². The molecule has 0 atom stereocenters. The van der Waals surface area contributed by atoms with Crippen molar-refractivity contribution in [3.63, 3.8) is 0 Å². The van der Waals surface area contributed by atoms with Gasteiger partial charge >= 0.3 is 4.87 Å². The fourth-order valence-corrected chi connectivity index (χ4v) is 3.45. The maximum Gasteiger partial charge on any atom is 0.306 e. The Morgan fingerprint density at radius 3 is 2.75 bits per heavy atom. The van der Waals surface area contributed by atoms with Gasteiger partial charge in [0.25, 0.3) is 5.69 Å². The summed E-state index contributed by atoms with van der Waals surface area (Å²) in [7, 11) is 0. The van der Waals surface area contributed by atoms with Crippen LogP contribution in [0.4, 0.5) is 17.2 Å². The van der Waals surface area contributed by atoms with E-state index in [0.717, 1.165) is 17.0 Å². The molecule has 1 aliphatic heterocycles. The highest BCUT2D eigenvalue weighted by atomic mass is 32.1. The second-order valence-corrected chi connectivity index (χ2v) is 6.86. The van der Waals surface area contributed by atoms with Gasteiger partial charge in [0.2, 0.25) is 0 Å². The van der Waals surface area contributed by atoms with E-state index in [9.17, 15) is 14.9 Å². The van der Waals surface area contributed by atoms with Gasteiger partial charge in [0.15, 0.2) is 0 Å². The van der Waals surface area contributed by atoms with Crippen LogP contribution in [0.1, 0.15) is 10.4 Å². The van der Waals surface area contributed by atoms with Crippen LogP contribution in [0.2, 0.25) is 0 Å². The first-order valence-corrected chi connectivity index (χ1v) is 9.05. The molecule has 2 N–H and O–H groups in total. The number of hydrogen-bond donors (Lipinski definition) is 2. The minimum atomic E-state index is -0.455. The number of benzene rings is 2. The molecule has 0 aliphatic carbocycles. The summed E-state index contributed by atoms with van der Waals surface area (Å²) in [5.74, 6) is 0.562. The summed E-state index contributed by atoms with van der Waals surface area (Å²) in [6, 6.07) is 15.7. The van der Waals surface area contributed by atoms with Crippen LogP contribution in [-0.4, -0.2) is 21.8 Å². The first kappa shape index (κ1) is 17.6. The maximum absolute atomic E-state index is 11.9. The van der Waals surface area contributed by atoms with E-state index in [1.807, 2.05) is 30.3 Å². The number of anilines is 2. The highest BCUT2D eigenvalue weighted by Gasteiger charge is 2.18. The highest BCUT2D eigenvalue weighted by Crippen LogP contribution is 2.26. The number of nitrogens with zero attached hydrogens (tertiary/aromatic N) is 3. The second kappa shape index (κ2) is 7.41. The number of nitrogens with one attached hydrogen (secondary N) is 2. The third-order valence-corrected chi connectivity index (χ3v) is 4.79. The molecule has 28 heavy (non-hydrogen) atoms. The summed E-state index contributed by atoms with van der Waals surface area (Å²) in [6.07, 6.45) is 3.34. The summed E-state index contributed by atoms with van der Waals surface area (Å²) < 4.78 is 0. The number of nitro benzene ring substituents is 1. The van der Waals surface area contributed by atoms with Crippen LogP contribution >= 0.6 is 11.3 Å². The van der Waals surface area contributed by atoms with Gasteiger partial charge in [-0.15, -0.1) is 5.10 Å². The molecule has 2 heterocycles. The van der Waals surface area contributed by atoms with Gasteiger partial charge in [-0.25, -0.2) is 0 Å². The molecule has 0 unspecified atom stereocenters. The quantitative estimate of drug-likeness (QED) is 0.506. The van der Waals surface area contributed by atoms with Gasteiger partial charge < -0.3 is 5.32 Å². The second-order valence-electron chi connectivity index (χ2n) is 5.85. The standard InChI is InChI=1S/C19H13N5O3S/c25-19-22-18(21-14-6-2-1-3-7-14)16(28-19)10-13-11-20-23-17(13)12-5-4-8-15(9-12)24(26)27/h1-11,21H,(H,22,25). The van der Waals surface area contributed by atoms with E-state index < -0.39 is 4.92 Å². The van der Waals surface area contributed by atoms with Crippen molar-refractivity contribution in [1.29, 1.82) is 0 Å². The molecule has 0 saturated heterocycles. The van der Waals surface area contributed by atoms with Crippen molar-refractivity contribution in [2.45, 2.75) is 0 Å². The Morgan fingerprint density at radius 2 is 1.96 bits per heavy atom. The van der Waals surface area contributed by atoms with Gasteiger partial charge in [0.1, 0.15) is 11.5 Å². The average molecular weight is 391 g/mol. The molecular weight excluding hydrogens is 378 g/mol. The Kier molecular flexibility index (Phi) is 4.65. The number of H-pyrrole nitrogens is 1. The van der Waals surface area contributed by atoms with Gasteiger partial charge in [0.05, 0.1) is 16.0 Å². The van der Waals surface area contributed by atoms with Crippen LogP contribution in [0.3, 0.4) is 0 Å². The van der Waals surface area contributed by atoms with E-state index >= 15 is 0 Å². The average Bonchev–Trinajstić information content (AvgIpc) is 3.29. The Hall–Kier alpha value is -3.85. The number of para-hydroxylation sites is 1. The van der Waals surface area contributed by atoms with E-state index in [-0.39, 0.29) is 10.6 Å². The minimum absolute atomic E-state index is 0.0239. The Bertz CT molecular complexity index is 1190. The number of non-ortho nitro benzene ring substituents is 1. The number of hydrogen-bond acceptors (Lipinski definition) is 7. The SMILES string of the molecule is O=c1[nH]c(Nc2ccccc2)c(C=C2C=NN=C2c2cccc([N+](=O)[O-])c2)s1. The number of aromatic amines is 1. The van der Waals surface area contributed by atoms with E-state index in [1.165, 1.54) is 12.1 Å². The van der Waals surface area contributed by atoms with E-state index in [2.05, 4.69) is 20.5 Å². The minimum Gasteiger partial charge on any atom is -0.341 e. The first-order valence-electron chi connectivity index (χ1n) is 8.23. The summed E-state index contributed by atoms with van der Waals surface area (Å²) >= 11 is 1.05. The Morgan fingerprint density at radius 1 is 1.14 bits per heavy atom. The molecule has 9 heteroatoms. The number of thiazole rings is 1. The zero-order chi connectivity index (χ0) is 19.5. The fourth-order valence-electron chi connectivity index (χ4n) is 2.71. The molecule has 2 aromatic carbocycles. The van der Waals surface area contributed by atoms with Crippen molar-refractivity contribution in [2.75, 3.05) is 5.32 Å². The molecule has 8 nitrogen and oxygen atoms in total. The molecule has 138 valence electrons. The molecule has 1 aliphatic rings. The maximum atomic E-state index is 11.9. The summed E-state index contributed by atoms with van der Waals surface area (Å²) in [4.78, 5) is 25.7. The lowest BCUT2D eigenvalue weighted by molar-refractivity contribution is -0.384. The van der Waals surface area contributed by atoms with Crippen LogP contribution in [0.15, 0.2) is 75.2 Å². The number of aromatic nitrogens is 1. The van der Waals surface area contributed by atoms with Gasteiger partial charge in [-0.3, -0.25) is 19.9 Å². The molecule has 4 rings (SSSR count). The van der Waals surface area contributed by atoms with Crippen molar-refractivity contribution in [2.24, 2.45) is 10.2 Å². The van der Waals surface area contributed by atoms with Crippen LogP contribution in [0.25, 0.3) is 6.08 Å². The molecule has 0 fully saturated rings. The Labute approximate surface area is 162 Å². The van der Waals surface area contributed by atoms with Crippen LogP contribution in [0.5, 0.6) is 0 Å². The summed E-state index contributed by atoms with van der Waals surface area (Å²) in [6.45, 7) is 0. The molecule has 0 spiro atoms. The zero-order valence-electron chi connectivity index (χ0n) is 14.3. The van der Waals surface area contributed by atoms with Crippen molar-refractivity contribution < 1.29 is 4.92 Å². The molecule has 0 saturated carbocycles. The third kappa shape index (κ3) is 3.64. The predicted molar refractivity (Wildman–Crippen MR) is 111 cm³/mol. The van der Waals surface area contributed by atoms with Gasteiger partial charge in [-0.05, 0) is 18.2 Å². The molecular formula is C19H13N5O3S. The van der Waals surface area contributed by atoms with E-state index in [4.69, 9.17) is 0 Å². The lowest BCUT2D eigenvalue weighted by Crippen LogP contribution is -2.03.